The molecule has 40 heavy (non-hydrogen) atoms. The molecule has 3 amide bonds. The average Bonchev–Trinajstić information content (AvgIpc) is 2.91. The van der Waals surface area contributed by atoms with Gasteiger partial charge in [0.25, 0.3) is 5.91 Å². The predicted molar refractivity (Wildman–Crippen MR) is 164 cm³/mol. The number of hydrogen-bond donors (Lipinski definition) is 4. The van der Waals surface area contributed by atoms with Crippen LogP contribution in [0.1, 0.15) is 78.7 Å². The van der Waals surface area contributed by atoms with E-state index >= 15 is 0 Å². The van der Waals surface area contributed by atoms with Crippen LogP contribution in [0.25, 0.3) is 0 Å². The van der Waals surface area contributed by atoms with Crippen LogP contribution in [0, 0.1) is 6.92 Å². The number of amides is 3. The van der Waals surface area contributed by atoms with E-state index in [2.05, 4.69) is 31.3 Å². The molecular formula is C31H47N3O5S. The van der Waals surface area contributed by atoms with Crippen LogP contribution in [-0.4, -0.2) is 76.7 Å². The van der Waals surface area contributed by atoms with E-state index in [4.69, 9.17) is 5.73 Å². The normalized spacial score (nSPS) is 17.8. The van der Waals surface area contributed by atoms with Crippen molar-refractivity contribution >= 4 is 30.0 Å². The van der Waals surface area contributed by atoms with E-state index in [1.165, 1.54) is 6.07 Å². The molecular weight excluding hydrogens is 526 g/mol. The first-order valence-corrected chi connectivity index (χ1v) is 15.3. The number of allylic oxidation sites excluding steroid dienone is 5. The van der Waals surface area contributed by atoms with Gasteiger partial charge in [-0.15, -0.1) is 0 Å². The molecule has 0 saturated heterocycles. The van der Waals surface area contributed by atoms with Gasteiger partial charge in [-0.2, -0.15) is 11.8 Å². The van der Waals surface area contributed by atoms with Gasteiger partial charge in [0.2, 0.25) is 12.3 Å². The van der Waals surface area contributed by atoms with Crippen molar-refractivity contribution in [2.24, 2.45) is 5.73 Å². The molecule has 9 heteroatoms. The lowest BCUT2D eigenvalue weighted by atomic mass is 9.94. The Morgan fingerprint density at radius 1 is 1.10 bits per heavy atom. The lowest BCUT2D eigenvalue weighted by molar-refractivity contribution is -0.118. The molecule has 8 nitrogen and oxygen atoms in total. The molecule has 1 aliphatic carbocycles. The molecule has 1 aromatic rings. The second-order valence-corrected chi connectivity index (χ2v) is 10.9. The largest absolute Gasteiger partial charge is 0.390 e. The zero-order valence-corrected chi connectivity index (χ0v) is 25.2. The summed E-state index contributed by atoms with van der Waals surface area (Å²) in [6.07, 6.45) is 15.6. The third-order valence-corrected chi connectivity index (χ3v) is 6.91. The van der Waals surface area contributed by atoms with E-state index in [9.17, 15) is 24.6 Å². The number of benzene rings is 1. The van der Waals surface area contributed by atoms with Crippen LogP contribution in [0.4, 0.5) is 0 Å². The number of rotatable bonds is 15. The van der Waals surface area contributed by atoms with Gasteiger partial charge in [-0.05, 0) is 86.8 Å². The highest BCUT2D eigenvalue weighted by Crippen LogP contribution is 2.18. The van der Waals surface area contributed by atoms with Crippen LogP contribution in [-0.2, 0) is 4.79 Å². The molecule has 0 fully saturated rings. The van der Waals surface area contributed by atoms with Crippen molar-refractivity contribution in [3.8, 4) is 0 Å². The third-order valence-electron chi connectivity index (χ3n) is 6.27. The molecule has 0 bridgehead atoms. The number of hydrogen-bond acceptors (Lipinski definition) is 6. The molecule has 3 unspecified atom stereocenters. The molecule has 1 aliphatic rings. The van der Waals surface area contributed by atoms with Crippen molar-refractivity contribution in [2.75, 3.05) is 25.1 Å². The quantitative estimate of drug-likeness (QED) is 0.233. The van der Waals surface area contributed by atoms with Gasteiger partial charge in [-0.25, -0.2) is 0 Å². The minimum Gasteiger partial charge on any atom is -0.390 e. The first-order chi connectivity index (χ1) is 19.2. The fraction of sp³-hybridized carbons (Fsp3) is 0.516. The summed E-state index contributed by atoms with van der Waals surface area (Å²) >= 11 is 1.58. The van der Waals surface area contributed by atoms with Gasteiger partial charge in [-0.1, -0.05) is 44.2 Å². The second-order valence-electron chi connectivity index (χ2n) is 9.87. The van der Waals surface area contributed by atoms with E-state index in [0.29, 0.717) is 18.6 Å². The number of carbonyl (C=O) groups is 3. The Bertz CT molecular complexity index is 1020. The SMILES string of the molecule is CCCN(C=O)CCC.CSCCC(O)C(O)C(CC1=C/C=C\CC/C=C\1)NC(=O)c1cc(C)cc(C(N)=O)c1. The molecule has 1 aromatic carbocycles. The summed E-state index contributed by atoms with van der Waals surface area (Å²) in [7, 11) is 0. The Hall–Kier alpha value is -2.88. The smallest absolute Gasteiger partial charge is 0.251 e. The van der Waals surface area contributed by atoms with Crippen LogP contribution >= 0.6 is 11.8 Å². The van der Waals surface area contributed by atoms with E-state index in [-0.39, 0.29) is 11.1 Å². The Morgan fingerprint density at radius 3 is 2.35 bits per heavy atom. The third kappa shape index (κ3) is 13.5. The van der Waals surface area contributed by atoms with Gasteiger partial charge >= 0.3 is 0 Å². The van der Waals surface area contributed by atoms with Gasteiger partial charge in [0.1, 0.15) is 6.10 Å². The van der Waals surface area contributed by atoms with E-state index in [0.717, 1.165) is 56.3 Å². The summed E-state index contributed by atoms with van der Waals surface area (Å²) < 4.78 is 0. The van der Waals surface area contributed by atoms with Crippen LogP contribution in [0.15, 0.2) is 54.2 Å². The van der Waals surface area contributed by atoms with E-state index in [1.54, 1.807) is 35.7 Å². The molecule has 0 saturated carbocycles. The Labute approximate surface area is 243 Å². The van der Waals surface area contributed by atoms with E-state index in [1.807, 2.05) is 24.5 Å². The minimum absolute atomic E-state index is 0.248. The first kappa shape index (κ1) is 35.1. The molecule has 3 atom stereocenters. The summed E-state index contributed by atoms with van der Waals surface area (Å²) in [4.78, 5) is 36.6. The minimum atomic E-state index is -1.14. The van der Waals surface area contributed by atoms with Crippen LogP contribution in [0.5, 0.6) is 0 Å². The first-order valence-electron chi connectivity index (χ1n) is 14.0. The Morgan fingerprint density at radius 2 is 1.75 bits per heavy atom. The maximum Gasteiger partial charge on any atom is 0.251 e. The second kappa shape index (κ2) is 20.1. The molecule has 2 rings (SSSR count). The number of aliphatic hydroxyl groups is 2. The number of carbonyl (C=O) groups excluding carboxylic acids is 3. The number of nitrogens with zero attached hydrogens (tertiary/aromatic N) is 1. The molecule has 222 valence electrons. The topological polar surface area (TPSA) is 133 Å². The zero-order valence-electron chi connectivity index (χ0n) is 24.3. The Kier molecular flexibility index (Phi) is 17.6. The standard InChI is InChI=1S/C24H32N2O4S.C7H15NO/c1-16-12-18(23(25)29)15-19(13-16)24(30)26-20(22(28)21(27)10-11-31-2)14-17-8-6-4-3-5-7-9-17;1-3-5-8(7-9)6-4-2/h4,6-9,12-13,15,20-22,27-28H,3,5,10-11,14H2,1-2H3,(H2,25,29)(H,26,30);7H,3-6H2,1-2H3/b6-4-,9-7-,17-8+;. The van der Waals surface area contributed by atoms with Crippen LogP contribution < -0.4 is 11.1 Å². The van der Waals surface area contributed by atoms with Gasteiger partial charge in [0.15, 0.2) is 0 Å². The fourth-order valence-electron chi connectivity index (χ4n) is 4.20. The number of nitrogens with one attached hydrogen (secondary N) is 1. The molecule has 5 N–H and O–H groups in total. The number of aryl methyl sites for hydroxylation is 1. The summed E-state index contributed by atoms with van der Waals surface area (Å²) in [5.74, 6) is -0.346. The number of thioether (sulfide) groups is 1. The summed E-state index contributed by atoms with van der Waals surface area (Å²) in [6.45, 7) is 7.73. The molecule has 0 heterocycles. The molecule has 0 radical (unpaired) electrons. The summed E-state index contributed by atoms with van der Waals surface area (Å²) in [5, 5.41) is 24.2. The van der Waals surface area contributed by atoms with Crippen molar-refractivity contribution in [2.45, 2.75) is 77.5 Å². The highest BCUT2D eigenvalue weighted by Gasteiger charge is 2.28. The maximum atomic E-state index is 13.0. The average molecular weight is 574 g/mol. The highest BCUT2D eigenvalue weighted by molar-refractivity contribution is 7.98. The predicted octanol–water partition coefficient (Wildman–Crippen LogP) is 4.15. The summed E-state index contributed by atoms with van der Waals surface area (Å²) in [6, 6.07) is 4.02. The van der Waals surface area contributed by atoms with Crippen molar-refractivity contribution < 1.29 is 24.6 Å². The molecule has 0 spiro atoms. The molecule has 0 aliphatic heterocycles. The lowest BCUT2D eigenvalue weighted by Crippen LogP contribution is -2.49. The summed E-state index contributed by atoms with van der Waals surface area (Å²) in [5.41, 5.74) is 7.58. The van der Waals surface area contributed by atoms with Gasteiger partial charge < -0.3 is 26.2 Å². The fourth-order valence-corrected chi connectivity index (χ4v) is 4.67. The molecule has 0 aromatic heterocycles. The number of nitrogens with two attached hydrogens (primary N) is 1. The van der Waals surface area contributed by atoms with Gasteiger partial charge in [0, 0.05) is 24.2 Å². The van der Waals surface area contributed by atoms with Crippen molar-refractivity contribution in [3.05, 3.63) is 70.8 Å². The lowest BCUT2D eigenvalue weighted by Gasteiger charge is -2.28. The van der Waals surface area contributed by atoms with Crippen LogP contribution in [0.2, 0.25) is 0 Å². The monoisotopic (exact) mass is 573 g/mol. The van der Waals surface area contributed by atoms with Gasteiger partial charge in [-0.3, -0.25) is 14.4 Å². The van der Waals surface area contributed by atoms with Crippen molar-refractivity contribution in [1.29, 1.82) is 0 Å². The van der Waals surface area contributed by atoms with Crippen molar-refractivity contribution in [1.82, 2.24) is 10.2 Å². The number of primary amides is 1. The zero-order chi connectivity index (χ0) is 29.9. The van der Waals surface area contributed by atoms with Gasteiger partial charge in [0.05, 0.1) is 12.1 Å². The number of aliphatic hydroxyl groups excluding tert-OH is 2. The van der Waals surface area contributed by atoms with Crippen LogP contribution in [0.3, 0.4) is 0 Å². The highest BCUT2D eigenvalue weighted by atomic mass is 32.2. The van der Waals surface area contributed by atoms with Crippen molar-refractivity contribution in [3.63, 3.8) is 0 Å². The van der Waals surface area contributed by atoms with E-state index < -0.39 is 30.1 Å². The maximum absolute atomic E-state index is 13.0. The Balaban J connectivity index is 0.000000763.